The molecule has 0 fully saturated rings. The van der Waals surface area contributed by atoms with Gasteiger partial charge in [0.1, 0.15) is 12.4 Å². The fourth-order valence-corrected chi connectivity index (χ4v) is 1.19. The number of hydrogen-bond donors (Lipinski definition) is 0. The summed E-state index contributed by atoms with van der Waals surface area (Å²) in [4.78, 5) is 21.2. The Balaban J connectivity index is 2.23. The number of ether oxygens (including phenoxy) is 4. The molecule has 0 aromatic heterocycles. The third-order valence-electron chi connectivity index (χ3n) is 2.13. The molecule has 0 saturated carbocycles. The van der Waals surface area contributed by atoms with Crippen molar-refractivity contribution in [1.29, 1.82) is 0 Å². The molecule has 0 N–H and O–H groups in total. The van der Waals surface area contributed by atoms with Gasteiger partial charge in [-0.05, 0) is 12.1 Å². The average molecular weight is 285 g/mol. The molecule has 8 heteroatoms. The van der Waals surface area contributed by atoms with Gasteiger partial charge in [0.2, 0.25) is 0 Å². The molecule has 0 radical (unpaired) electrons. The summed E-state index contributed by atoms with van der Waals surface area (Å²) >= 11 is 0. The number of benzene rings is 1. The van der Waals surface area contributed by atoms with Crippen LogP contribution in [0.3, 0.4) is 0 Å². The molecule has 0 bridgehead atoms. The lowest BCUT2D eigenvalue weighted by atomic mass is 10.3. The molecular formula is C12H15NO7. The van der Waals surface area contributed by atoms with Crippen molar-refractivity contribution < 1.29 is 28.7 Å². The van der Waals surface area contributed by atoms with E-state index in [-0.39, 0.29) is 24.7 Å². The van der Waals surface area contributed by atoms with Gasteiger partial charge in [-0.1, -0.05) is 0 Å². The number of hydrogen-bond acceptors (Lipinski definition) is 7. The quantitative estimate of drug-likeness (QED) is 0.236. The molecule has 0 spiro atoms. The molecule has 0 atom stereocenters. The summed E-state index contributed by atoms with van der Waals surface area (Å²) in [5.41, 5.74) is -0.0859. The molecule has 20 heavy (non-hydrogen) atoms. The van der Waals surface area contributed by atoms with Gasteiger partial charge in [0, 0.05) is 19.2 Å². The first-order valence-corrected chi connectivity index (χ1v) is 5.79. The summed E-state index contributed by atoms with van der Waals surface area (Å²) in [5, 5.41) is 10.4. The number of nitro groups is 1. The summed E-state index contributed by atoms with van der Waals surface area (Å²) in [6, 6.07) is 5.09. The van der Waals surface area contributed by atoms with Crippen LogP contribution in [0.15, 0.2) is 24.3 Å². The van der Waals surface area contributed by atoms with E-state index in [4.69, 9.17) is 18.9 Å². The molecule has 0 aliphatic carbocycles. The number of carbonyl (C=O) groups is 1. The van der Waals surface area contributed by atoms with Crippen LogP contribution in [-0.4, -0.2) is 44.6 Å². The van der Waals surface area contributed by atoms with Crippen molar-refractivity contribution in [2.24, 2.45) is 0 Å². The second-order valence-electron chi connectivity index (χ2n) is 3.56. The van der Waals surface area contributed by atoms with E-state index < -0.39 is 11.1 Å². The SMILES string of the molecule is COCCOCCOC(=O)Oc1ccc([N+](=O)[O-])cc1. The maximum Gasteiger partial charge on any atom is 0.513 e. The number of nitro benzene ring substituents is 1. The number of methoxy groups -OCH3 is 1. The van der Waals surface area contributed by atoms with Crippen LogP contribution >= 0.6 is 0 Å². The van der Waals surface area contributed by atoms with Crippen molar-refractivity contribution in [2.75, 3.05) is 33.5 Å². The normalized spacial score (nSPS) is 10.1. The first-order chi connectivity index (χ1) is 9.63. The van der Waals surface area contributed by atoms with Crippen LogP contribution in [0, 0.1) is 10.1 Å². The molecule has 8 nitrogen and oxygen atoms in total. The number of nitrogens with zero attached hydrogens (tertiary/aromatic N) is 1. The highest BCUT2D eigenvalue weighted by molar-refractivity contribution is 5.63. The van der Waals surface area contributed by atoms with Gasteiger partial charge in [0.15, 0.2) is 0 Å². The number of non-ortho nitro benzene ring substituents is 1. The third kappa shape index (κ3) is 6.12. The standard InChI is InChI=1S/C12H15NO7/c1-17-6-7-18-8-9-19-12(14)20-11-4-2-10(3-5-11)13(15)16/h2-5H,6-9H2,1H3. The van der Waals surface area contributed by atoms with Crippen LogP contribution in [0.25, 0.3) is 0 Å². The smallest absolute Gasteiger partial charge is 0.432 e. The maximum absolute atomic E-state index is 11.3. The van der Waals surface area contributed by atoms with Gasteiger partial charge in [0.25, 0.3) is 5.69 Å². The maximum atomic E-state index is 11.3. The lowest BCUT2D eigenvalue weighted by Gasteiger charge is -2.06. The zero-order valence-electron chi connectivity index (χ0n) is 10.9. The van der Waals surface area contributed by atoms with E-state index in [0.29, 0.717) is 13.2 Å². The molecule has 0 unspecified atom stereocenters. The van der Waals surface area contributed by atoms with Crippen LogP contribution in [-0.2, 0) is 14.2 Å². The minimum Gasteiger partial charge on any atom is -0.432 e. The summed E-state index contributed by atoms with van der Waals surface area (Å²) in [6.45, 7) is 1.17. The molecule has 1 aromatic rings. The monoisotopic (exact) mass is 285 g/mol. The molecule has 1 aromatic carbocycles. The first-order valence-electron chi connectivity index (χ1n) is 5.79. The minimum atomic E-state index is -0.894. The lowest BCUT2D eigenvalue weighted by Crippen LogP contribution is -2.15. The van der Waals surface area contributed by atoms with Gasteiger partial charge in [-0.2, -0.15) is 0 Å². The van der Waals surface area contributed by atoms with Crippen LogP contribution in [0.1, 0.15) is 0 Å². The second kappa shape index (κ2) is 8.83. The van der Waals surface area contributed by atoms with E-state index in [1.54, 1.807) is 7.11 Å². The van der Waals surface area contributed by atoms with E-state index in [9.17, 15) is 14.9 Å². The predicted molar refractivity (Wildman–Crippen MR) is 67.8 cm³/mol. The molecule has 0 amide bonds. The highest BCUT2D eigenvalue weighted by Crippen LogP contribution is 2.17. The summed E-state index contributed by atoms with van der Waals surface area (Å²) < 4.78 is 19.4. The number of rotatable bonds is 8. The van der Waals surface area contributed by atoms with Crippen LogP contribution in [0.4, 0.5) is 10.5 Å². The predicted octanol–water partition coefficient (Wildman–Crippen LogP) is 1.77. The molecule has 0 heterocycles. The van der Waals surface area contributed by atoms with E-state index in [0.717, 1.165) is 0 Å². The fraction of sp³-hybridized carbons (Fsp3) is 0.417. The molecule has 0 aliphatic rings. The molecule has 1 rings (SSSR count). The Morgan fingerprint density at radius 1 is 1.15 bits per heavy atom. The number of carbonyl (C=O) groups excluding carboxylic acids is 1. The second-order valence-corrected chi connectivity index (χ2v) is 3.56. The van der Waals surface area contributed by atoms with Crippen molar-refractivity contribution >= 4 is 11.8 Å². The van der Waals surface area contributed by atoms with Crippen LogP contribution in [0.5, 0.6) is 5.75 Å². The van der Waals surface area contributed by atoms with E-state index in [1.165, 1.54) is 24.3 Å². The largest absolute Gasteiger partial charge is 0.513 e. The van der Waals surface area contributed by atoms with Crippen LogP contribution < -0.4 is 4.74 Å². The Morgan fingerprint density at radius 3 is 2.40 bits per heavy atom. The highest BCUT2D eigenvalue weighted by Gasteiger charge is 2.08. The Morgan fingerprint density at radius 2 is 1.80 bits per heavy atom. The van der Waals surface area contributed by atoms with Gasteiger partial charge in [0.05, 0.1) is 24.7 Å². The fourth-order valence-electron chi connectivity index (χ4n) is 1.19. The van der Waals surface area contributed by atoms with Gasteiger partial charge < -0.3 is 18.9 Å². The molecule has 0 saturated heterocycles. The van der Waals surface area contributed by atoms with Gasteiger partial charge in [-0.3, -0.25) is 10.1 Å². The van der Waals surface area contributed by atoms with Gasteiger partial charge >= 0.3 is 6.16 Å². The Bertz CT molecular complexity index is 432. The highest BCUT2D eigenvalue weighted by atomic mass is 16.7. The van der Waals surface area contributed by atoms with E-state index in [2.05, 4.69) is 0 Å². The van der Waals surface area contributed by atoms with Crippen molar-refractivity contribution in [3.8, 4) is 5.75 Å². The minimum absolute atomic E-state index is 0.0511. The Labute approximate surface area is 115 Å². The molecular weight excluding hydrogens is 270 g/mol. The Kier molecular flexibility index (Phi) is 7.01. The molecule has 110 valence electrons. The molecule has 0 aliphatic heterocycles. The van der Waals surface area contributed by atoms with Crippen molar-refractivity contribution in [3.05, 3.63) is 34.4 Å². The summed E-state index contributed by atoms with van der Waals surface area (Å²) in [5.74, 6) is 0.168. The zero-order chi connectivity index (χ0) is 14.8. The van der Waals surface area contributed by atoms with Crippen LogP contribution in [0.2, 0.25) is 0 Å². The third-order valence-corrected chi connectivity index (χ3v) is 2.13. The Hall–Kier alpha value is -2.19. The summed E-state index contributed by atoms with van der Waals surface area (Å²) in [7, 11) is 1.56. The van der Waals surface area contributed by atoms with Crippen molar-refractivity contribution in [2.45, 2.75) is 0 Å². The zero-order valence-corrected chi connectivity index (χ0v) is 10.9. The van der Waals surface area contributed by atoms with E-state index in [1.807, 2.05) is 0 Å². The first kappa shape index (κ1) is 15.9. The van der Waals surface area contributed by atoms with Gasteiger partial charge in [-0.15, -0.1) is 0 Å². The lowest BCUT2D eigenvalue weighted by molar-refractivity contribution is -0.384. The van der Waals surface area contributed by atoms with E-state index >= 15 is 0 Å². The van der Waals surface area contributed by atoms with Crippen molar-refractivity contribution in [1.82, 2.24) is 0 Å². The summed E-state index contributed by atoms with van der Waals surface area (Å²) in [6.07, 6.45) is -0.894. The average Bonchev–Trinajstić information content (AvgIpc) is 2.43. The van der Waals surface area contributed by atoms with Crippen molar-refractivity contribution in [3.63, 3.8) is 0 Å². The van der Waals surface area contributed by atoms with Gasteiger partial charge in [-0.25, -0.2) is 4.79 Å². The topological polar surface area (TPSA) is 97.1 Å².